The Balaban J connectivity index is 1.67. The van der Waals surface area contributed by atoms with Crippen LogP contribution in [-0.4, -0.2) is 21.7 Å². The minimum Gasteiger partial charge on any atom is -0.324 e. The van der Waals surface area contributed by atoms with Crippen molar-refractivity contribution >= 4 is 11.6 Å². The first kappa shape index (κ1) is 13.8. The lowest BCUT2D eigenvalue weighted by atomic mass is 10.1. The summed E-state index contributed by atoms with van der Waals surface area (Å²) < 4.78 is 1.85. The fourth-order valence-electron chi connectivity index (χ4n) is 2.66. The van der Waals surface area contributed by atoms with Gasteiger partial charge in [0.1, 0.15) is 0 Å². The topological polar surface area (TPSA) is 58.9 Å². The van der Waals surface area contributed by atoms with Crippen LogP contribution in [0.3, 0.4) is 0 Å². The van der Waals surface area contributed by atoms with Gasteiger partial charge >= 0.3 is 0 Å². The molecule has 2 aromatic rings. The Labute approximate surface area is 124 Å². The summed E-state index contributed by atoms with van der Waals surface area (Å²) in [5, 5.41) is 10.6. The molecule has 3 rings (SSSR count). The van der Waals surface area contributed by atoms with E-state index in [0.29, 0.717) is 6.54 Å². The number of anilines is 1. The van der Waals surface area contributed by atoms with Crippen LogP contribution in [0.5, 0.6) is 0 Å². The van der Waals surface area contributed by atoms with E-state index in [2.05, 4.69) is 21.8 Å². The van der Waals surface area contributed by atoms with Crippen molar-refractivity contribution in [2.24, 2.45) is 7.05 Å². The first-order valence-corrected chi connectivity index (χ1v) is 7.25. The summed E-state index contributed by atoms with van der Waals surface area (Å²) in [5.41, 5.74) is 4.39. The molecule has 0 saturated carbocycles. The second kappa shape index (κ2) is 5.69. The summed E-state index contributed by atoms with van der Waals surface area (Å²) in [6.07, 6.45) is 3.56. The fourth-order valence-corrected chi connectivity index (χ4v) is 2.66. The predicted octanol–water partition coefficient (Wildman–Crippen LogP) is 1.77. The van der Waals surface area contributed by atoms with Crippen molar-refractivity contribution < 1.29 is 4.79 Å². The number of hydrogen-bond acceptors (Lipinski definition) is 3. The maximum absolute atomic E-state index is 12.3. The van der Waals surface area contributed by atoms with Crippen molar-refractivity contribution in [3.05, 3.63) is 47.3 Å². The van der Waals surface area contributed by atoms with E-state index in [0.717, 1.165) is 29.8 Å². The highest BCUT2D eigenvalue weighted by Gasteiger charge is 2.23. The maximum atomic E-state index is 12.3. The van der Waals surface area contributed by atoms with E-state index in [9.17, 15) is 4.79 Å². The molecule has 0 bridgehead atoms. The summed E-state index contributed by atoms with van der Waals surface area (Å²) in [6, 6.07) is 7.82. The van der Waals surface area contributed by atoms with Gasteiger partial charge in [0.15, 0.2) is 0 Å². The van der Waals surface area contributed by atoms with Gasteiger partial charge in [-0.2, -0.15) is 5.10 Å². The van der Waals surface area contributed by atoms with Gasteiger partial charge in [0.05, 0.1) is 12.2 Å². The summed E-state index contributed by atoms with van der Waals surface area (Å²) in [5.74, 6) is 0.0430. The third kappa shape index (κ3) is 2.83. The number of nitrogens with zero attached hydrogens (tertiary/aromatic N) is 2. The molecule has 0 spiro atoms. The number of carbonyl (C=O) groups excluding carboxylic acids is 1. The van der Waals surface area contributed by atoms with Gasteiger partial charge in [0.2, 0.25) is 5.91 Å². The van der Waals surface area contributed by atoms with E-state index in [4.69, 9.17) is 0 Å². The fraction of sp³-hybridized carbons (Fsp3) is 0.375. The minimum atomic E-state index is -0.169. The van der Waals surface area contributed by atoms with Crippen LogP contribution < -0.4 is 10.6 Å². The van der Waals surface area contributed by atoms with Crippen LogP contribution in [0.1, 0.15) is 23.2 Å². The van der Waals surface area contributed by atoms with Gasteiger partial charge in [-0.05, 0) is 31.4 Å². The van der Waals surface area contributed by atoms with Gasteiger partial charge in [-0.25, -0.2) is 0 Å². The Morgan fingerprint density at radius 2 is 2.24 bits per heavy atom. The number of nitrogens with one attached hydrogen (secondary N) is 2. The number of carbonyl (C=O) groups is 1. The lowest BCUT2D eigenvalue weighted by Crippen LogP contribution is -2.39. The van der Waals surface area contributed by atoms with E-state index in [-0.39, 0.29) is 11.9 Å². The van der Waals surface area contributed by atoms with Gasteiger partial charge in [-0.3, -0.25) is 9.48 Å². The smallest absolute Gasteiger partial charge is 0.241 e. The van der Waals surface area contributed by atoms with Crippen LogP contribution in [0, 0.1) is 6.92 Å². The lowest BCUT2D eigenvalue weighted by molar-refractivity contribution is -0.118. The Morgan fingerprint density at radius 1 is 1.43 bits per heavy atom. The molecule has 2 N–H and O–H groups in total. The molecule has 0 fully saturated rings. The molecule has 110 valence electrons. The number of aryl methyl sites for hydroxylation is 2. The molecule has 21 heavy (non-hydrogen) atoms. The second-order valence-corrected chi connectivity index (χ2v) is 5.50. The zero-order valence-corrected chi connectivity index (χ0v) is 12.4. The van der Waals surface area contributed by atoms with E-state index < -0.39 is 0 Å². The molecule has 0 aliphatic carbocycles. The van der Waals surface area contributed by atoms with Crippen LogP contribution in [-0.2, 0) is 24.8 Å². The quantitative estimate of drug-likeness (QED) is 0.903. The van der Waals surface area contributed by atoms with Crippen LogP contribution in [0.15, 0.2) is 30.5 Å². The number of rotatable bonds is 3. The number of aromatic nitrogens is 2. The normalized spacial score (nSPS) is 18.0. The van der Waals surface area contributed by atoms with Crippen LogP contribution in [0.4, 0.5) is 5.69 Å². The second-order valence-electron chi connectivity index (χ2n) is 5.50. The van der Waals surface area contributed by atoms with Gasteiger partial charge in [-0.15, -0.1) is 0 Å². The van der Waals surface area contributed by atoms with Gasteiger partial charge < -0.3 is 10.6 Å². The first-order chi connectivity index (χ1) is 10.1. The van der Waals surface area contributed by atoms with Crippen molar-refractivity contribution in [2.45, 2.75) is 32.4 Å². The predicted molar refractivity (Wildman–Crippen MR) is 82.0 cm³/mol. The number of fused-ring (bicyclic) bond motifs is 1. The molecule has 2 heterocycles. The molecule has 1 aromatic heterocycles. The molecule has 1 atom stereocenters. The zero-order chi connectivity index (χ0) is 14.8. The summed E-state index contributed by atoms with van der Waals surface area (Å²) in [4.78, 5) is 12.3. The van der Waals surface area contributed by atoms with Crippen LogP contribution in [0.25, 0.3) is 0 Å². The highest BCUT2D eigenvalue weighted by Crippen LogP contribution is 2.21. The average Bonchev–Trinajstić information content (AvgIpc) is 2.71. The van der Waals surface area contributed by atoms with Crippen molar-refractivity contribution in [3.63, 3.8) is 0 Å². The van der Waals surface area contributed by atoms with E-state index >= 15 is 0 Å². The Hall–Kier alpha value is -2.14. The third-order valence-corrected chi connectivity index (χ3v) is 4.17. The zero-order valence-electron chi connectivity index (χ0n) is 12.4. The van der Waals surface area contributed by atoms with Gasteiger partial charge in [0, 0.05) is 30.5 Å². The molecule has 1 aliphatic heterocycles. The summed E-state index contributed by atoms with van der Waals surface area (Å²) >= 11 is 0. The number of benzene rings is 1. The SMILES string of the molecule is Cc1c(CNC2CCc3ccccc3NC2=O)cnn1C. The summed E-state index contributed by atoms with van der Waals surface area (Å²) in [6.45, 7) is 2.70. The highest BCUT2D eigenvalue weighted by molar-refractivity contribution is 5.96. The largest absolute Gasteiger partial charge is 0.324 e. The Kier molecular flexibility index (Phi) is 3.75. The lowest BCUT2D eigenvalue weighted by Gasteiger charge is -2.15. The molecule has 1 aromatic carbocycles. The monoisotopic (exact) mass is 284 g/mol. The molecule has 1 amide bonds. The van der Waals surface area contributed by atoms with E-state index in [1.165, 1.54) is 5.56 Å². The van der Waals surface area contributed by atoms with Crippen LogP contribution >= 0.6 is 0 Å². The molecule has 1 unspecified atom stereocenters. The van der Waals surface area contributed by atoms with Crippen molar-refractivity contribution in [1.82, 2.24) is 15.1 Å². The van der Waals surface area contributed by atoms with Crippen molar-refractivity contribution in [3.8, 4) is 0 Å². The molecule has 5 nitrogen and oxygen atoms in total. The van der Waals surface area contributed by atoms with E-state index in [1.807, 2.05) is 43.0 Å². The molecule has 0 saturated heterocycles. The molecule has 0 radical (unpaired) electrons. The van der Waals surface area contributed by atoms with Gasteiger partial charge in [0.25, 0.3) is 0 Å². The molecule has 5 heteroatoms. The number of para-hydroxylation sites is 1. The summed E-state index contributed by atoms with van der Waals surface area (Å²) in [7, 11) is 1.92. The first-order valence-electron chi connectivity index (χ1n) is 7.25. The highest BCUT2D eigenvalue weighted by atomic mass is 16.2. The minimum absolute atomic E-state index is 0.0430. The van der Waals surface area contributed by atoms with Crippen molar-refractivity contribution in [2.75, 3.05) is 5.32 Å². The number of amides is 1. The molecular formula is C16H20N4O. The molecular weight excluding hydrogens is 264 g/mol. The Bertz CT molecular complexity index is 662. The standard InChI is InChI=1S/C16H20N4O/c1-11-13(10-18-20(11)2)9-17-15-8-7-12-5-3-4-6-14(12)19-16(15)21/h3-6,10,15,17H,7-9H2,1-2H3,(H,19,21). The van der Waals surface area contributed by atoms with Crippen molar-refractivity contribution in [1.29, 1.82) is 0 Å². The Morgan fingerprint density at radius 3 is 3.00 bits per heavy atom. The number of hydrogen-bond donors (Lipinski definition) is 2. The maximum Gasteiger partial charge on any atom is 0.241 e. The third-order valence-electron chi connectivity index (χ3n) is 4.17. The van der Waals surface area contributed by atoms with Crippen LogP contribution in [0.2, 0.25) is 0 Å². The van der Waals surface area contributed by atoms with Gasteiger partial charge in [-0.1, -0.05) is 18.2 Å². The molecule has 1 aliphatic rings. The average molecular weight is 284 g/mol. The van der Waals surface area contributed by atoms with E-state index in [1.54, 1.807) is 0 Å².